The first-order valence-electron chi connectivity index (χ1n) is 42.7. The number of carbonyl (C=O) groups excluding carboxylic acids is 5. The summed E-state index contributed by atoms with van der Waals surface area (Å²) in [4.78, 5) is 65.5. The number of anilines is 5. The molecule has 5 amide bonds. The Morgan fingerprint density at radius 3 is 0.938 bits per heavy atom. The van der Waals surface area contributed by atoms with Crippen molar-refractivity contribution >= 4 is 163 Å². The molecule has 15 rings (SSSR count). The zero-order chi connectivity index (χ0) is 91.7. The van der Waals surface area contributed by atoms with Gasteiger partial charge in [0.2, 0.25) is 0 Å². The Morgan fingerprint density at radius 1 is 0.297 bits per heavy atom. The lowest BCUT2D eigenvalue weighted by molar-refractivity contribution is 0.101. The molecule has 2 atom stereocenters. The minimum Gasteiger partial charge on any atom is -0.496 e. The average Bonchev–Trinajstić information content (AvgIpc) is 0.895. The van der Waals surface area contributed by atoms with E-state index in [0.29, 0.717) is 110 Å². The molecule has 0 aliphatic heterocycles. The topological polar surface area (TPSA) is 155 Å². The third-order valence-electron chi connectivity index (χ3n) is 22.4. The fraction of sp³-hybridized carbons (Fsp3) is 0.343. The molecule has 0 heterocycles. The molecule has 0 spiro atoms. The first kappa shape index (κ1) is 100. The van der Waals surface area contributed by atoms with Crippen LogP contribution in [0.25, 0.3) is 0 Å². The fourth-order valence-corrected chi connectivity index (χ4v) is 22.2. The van der Waals surface area contributed by atoms with E-state index in [0.717, 1.165) is 83.7 Å². The van der Waals surface area contributed by atoms with Crippen LogP contribution in [-0.4, -0.2) is 69.1 Å². The van der Waals surface area contributed by atoms with Crippen LogP contribution in [0.2, 0.25) is 20.1 Å². The summed E-state index contributed by atoms with van der Waals surface area (Å²) in [6, 6.07) is 44.4. The Morgan fingerprint density at radius 2 is 0.578 bits per heavy atom. The van der Waals surface area contributed by atoms with E-state index in [1.165, 1.54) is 222 Å². The molecule has 5 fully saturated rings. The maximum Gasteiger partial charge on any atom is 0.255 e. The molecule has 5 aliphatic carbocycles. The van der Waals surface area contributed by atoms with Crippen molar-refractivity contribution in [3.63, 3.8) is 0 Å². The Balaban J connectivity index is 0.000000155. The number of nitrogens with one attached hydrogen (secondary N) is 5. The quantitative estimate of drug-likeness (QED) is 0.0437. The van der Waals surface area contributed by atoms with E-state index in [2.05, 4.69) is 40.4 Å². The molecule has 0 saturated heterocycles. The van der Waals surface area contributed by atoms with Gasteiger partial charge in [0.05, 0.1) is 32.1 Å². The van der Waals surface area contributed by atoms with Gasteiger partial charge in [0.25, 0.3) is 29.5 Å². The number of ether oxygens (including phenoxy) is 1. The summed E-state index contributed by atoms with van der Waals surface area (Å²) >= 11 is 31.3. The average molecular weight is 1930 g/mol. The lowest BCUT2D eigenvalue weighted by Crippen LogP contribution is -2.23. The summed E-state index contributed by atoms with van der Waals surface area (Å²) in [6.07, 6.45) is 22.0. The largest absolute Gasteiger partial charge is 0.496 e. The summed E-state index contributed by atoms with van der Waals surface area (Å²) in [5.74, 6) is -2.60. The van der Waals surface area contributed by atoms with Crippen LogP contribution in [0.4, 0.5) is 68.0 Å². The summed E-state index contributed by atoms with van der Waals surface area (Å²) in [5.41, 5.74) is 5.30. The number of carbonyl (C=O) groups is 5. The van der Waals surface area contributed by atoms with Crippen molar-refractivity contribution in [3.8, 4) is 5.75 Å². The van der Waals surface area contributed by atoms with Crippen LogP contribution >= 0.6 is 105 Å². The van der Waals surface area contributed by atoms with E-state index in [1.54, 1.807) is 86.9 Å². The predicted molar refractivity (Wildman–Crippen MR) is 508 cm³/mol. The third kappa shape index (κ3) is 30.3. The van der Waals surface area contributed by atoms with Gasteiger partial charge in [0.15, 0.2) is 0 Å². The van der Waals surface area contributed by atoms with Crippen molar-refractivity contribution in [2.75, 3.05) is 33.7 Å². The minimum absolute atomic E-state index is 0.0229. The molecule has 10 aromatic rings. The number of benzene rings is 10. The van der Waals surface area contributed by atoms with Gasteiger partial charge in [0, 0.05) is 102 Å². The number of alkyl halides is 1. The number of thioether (sulfide) groups is 5. The molecule has 0 radical (unpaired) electrons. The highest BCUT2D eigenvalue weighted by molar-refractivity contribution is 8.01. The van der Waals surface area contributed by atoms with Crippen molar-refractivity contribution < 1.29 is 68.2 Å². The number of aryl methyl sites for hydroxylation is 2. The molecule has 5 aliphatic rings. The van der Waals surface area contributed by atoms with E-state index in [-0.39, 0.29) is 77.7 Å². The second-order valence-electron chi connectivity index (χ2n) is 32.4. The van der Waals surface area contributed by atoms with E-state index in [4.69, 9.17) is 51.1 Å². The molecule has 0 bridgehead atoms. The van der Waals surface area contributed by atoms with Crippen molar-refractivity contribution in [1.29, 1.82) is 0 Å². The molecule has 10 aromatic carbocycles. The number of hydrogen-bond donors (Lipinski definition) is 5. The maximum absolute atomic E-state index is 14.1. The van der Waals surface area contributed by atoms with Crippen molar-refractivity contribution in [2.45, 2.75) is 219 Å². The van der Waals surface area contributed by atoms with Gasteiger partial charge in [0.1, 0.15) is 58.5 Å². The van der Waals surface area contributed by atoms with Gasteiger partial charge in [-0.05, 0) is 309 Å². The second kappa shape index (κ2) is 49.2. The lowest BCUT2D eigenvalue weighted by Gasteiger charge is -2.26. The smallest absolute Gasteiger partial charge is 0.255 e. The number of rotatable bonds is 21. The van der Waals surface area contributed by atoms with Gasteiger partial charge in [-0.15, -0.1) is 58.8 Å². The molecule has 128 heavy (non-hydrogen) atoms. The molecule has 11 nitrogen and oxygen atoms in total. The lowest BCUT2D eigenvalue weighted by atomic mass is 9.91. The van der Waals surface area contributed by atoms with E-state index >= 15 is 0 Å². The van der Waals surface area contributed by atoms with Crippen LogP contribution in [0.15, 0.2) is 206 Å². The van der Waals surface area contributed by atoms with Crippen molar-refractivity contribution in [1.82, 2.24) is 0 Å². The van der Waals surface area contributed by atoms with Gasteiger partial charge in [-0.3, -0.25) is 24.0 Å². The number of methoxy groups -OCH3 is 1. The summed E-state index contributed by atoms with van der Waals surface area (Å²) < 4.78 is 128. The Hall–Kier alpha value is -8.37. The first-order chi connectivity index (χ1) is 61.4. The van der Waals surface area contributed by atoms with Gasteiger partial charge in [-0.1, -0.05) is 105 Å². The molecular weight excluding hydrogens is 1830 g/mol. The Labute approximate surface area is 783 Å². The fourth-order valence-electron chi connectivity index (χ4n) is 15.0. The normalized spacial score (nSPS) is 18.0. The zero-order valence-electron chi connectivity index (χ0n) is 71.2. The summed E-state index contributed by atoms with van der Waals surface area (Å²) in [6.45, 7) is 7.87. The molecule has 0 aromatic heterocycles. The van der Waals surface area contributed by atoms with Gasteiger partial charge >= 0.3 is 0 Å². The molecular formula is C99H100Cl4F9N5O6S5. The standard InChI is InChI=1S/C21H23ClFNO2S.C20H20Cl2FNOS.C20H21F2NOS.C19H17ClF3NOS.C19H19F2NOS/c1-13-3-7-16(8-4-13)27-20-11-14(5-10-19(20)26-2)21(25)24-15-6-9-18(23)17(22)12-15;1-12-2-6-15(7-3-12)26-19-10-13(4-8-16(19)21)20(25)24-14-5-9-18(23)17(22)11-14;1-13-11-15(8-10-17(13)21)23-20(24)14-7-9-18(22)19(12-14)25-16-5-3-2-4-6-16;20-13-10-12(6-8-14(13)21)24-19(25)11-5-7-16(23)18(9-11)26-17-4-2-1-3-15(17)22;1-12-10-14(7-9-16(12)20)22-19(23)13-6-8-17(21)18(11-13)24-15-4-2-3-5-15/h5-6,9-13,16H,3-4,7-8H2,1-2H3,(H,24,25);4-5,8-12,15H,2-3,6-7H2,1H3,(H,24,25);7-12,16H,2-6H2,1H3,(H,23,24);5-10,15,17H,1-4H2,(H,24,25);6-11,15H,2-5H2,1H3,(H,22,23). The molecule has 5 N–H and O–H groups in total. The SMILES string of the molecule is CC1CCC(Sc2cc(C(=O)Nc3ccc(F)c(Cl)c3)ccc2Cl)CC1.COc1ccc(C(=O)Nc2ccc(F)c(Cl)c2)cc1SC1CCC(C)CC1.Cc1cc(NC(=O)c2ccc(F)c(SC3CCCC3)c2)ccc1F.Cc1cc(NC(=O)c2ccc(F)c(SC3CCCCC3)c2)ccc1F.O=C(Nc1ccc(F)c(Cl)c1)c1ccc(F)c(SC2CCCCC2F)c1. The van der Waals surface area contributed by atoms with Crippen LogP contribution in [0.5, 0.6) is 5.75 Å². The Bertz CT molecular complexity index is 5530. The molecule has 2 unspecified atom stereocenters. The van der Waals surface area contributed by atoms with Crippen LogP contribution < -0.4 is 31.3 Å². The number of halogens is 13. The highest BCUT2D eigenvalue weighted by Gasteiger charge is 2.29. The van der Waals surface area contributed by atoms with E-state index in [9.17, 15) is 63.5 Å². The van der Waals surface area contributed by atoms with E-state index in [1.807, 2.05) is 18.2 Å². The highest BCUT2D eigenvalue weighted by atomic mass is 35.5. The van der Waals surface area contributed by atoms with Gasteiger partial charge in [-0.2, -0.15) is 0 Å². The molecule has 5 saturated carbocycles. The Kier molecular flexibility index (Phi) is 38.5. The van der Waals surface area contributed by atoms with Crippen LogP contribution in [0.1, 0.15) is 212 Å². The van der Waals surface area contributed by atoms with Gasteiger partial charge in [-0.25, -0.2) is 39.5 Å². The monoisotopic (exact) mass is 1930 g/mol. The predicted octanol–water partition coefficient (Wildman–Crippen LogP) is 31.2. The number of amides is 5. The minimum atomic E-state index is -0.966. The van der Waals surface area contributed by atoms with Gasteiger partial charge < -0.3 is 31.3 Å². The number of hydrogen-bond acceptors (Lipinski definition) is 11. The molecule has 678 valence electrons. The van der Waals surface area contributed by atoms with E-state index < -0.39 is 35.3 Å². The zero-order valence-corrected chi connectivity index (χ0v) is 78.3. The van der Waals surface area contributed by atoms with Crippen LogP contribution in [0.3, 0.4) is 0 Å². The third-order valence-corrected chi connectivity index (χ3v) is 30.6. The first-order valence-corrected chi connectivity index (χ1v) is 48.6. The summed E-state index contributed by atoms with van der Waals surface area (Å²) in [5, 5.41) is 15.7. The highest BCUT2D eigenvalue weighted by Crippen LogP contribution is 2.44. The van der Waals surface area contributed by atoms with Crippen LogP contribution in [-0.2, 0) is 0 Å². The summed E-state index contributed by atoms with van der Waals surface area (Å²) in [7, 11) is 1.64. The van der Waals surface area contributed by atoms with Crippen molar-refractivity contribution in [2.24, 2.45) is 11.8 Å². The maximum atomic E-state index is 14.1. The van der Waals surface area contributed by atoms with Crippen molar-refractivity contribution in [3.05, 3.63) is 288 Å². The molecule has 29 heteroatoms. The van der Waals surface area contributed by atoms with Crippen LogP contribution in [0, 0.1) is 72.2 Å². The second-order valence-corrected chi connectivity index (χ2v) is 40.7.